The molecule has 0 aliphatic rings. The molecule has 6 nitrogen and oxygen atoms in total. The van der Waals surface area contributed by atoms with Crippen LogP contribution in [0.2, 0.25) is 0 Å². The van der Waals surface area contributed by atoms with Gasteiger partial charge in [-0.2, -0.15) is 5.10 Å². The lowest BCUT2D eigenvalue weighted by molar-refractivity contribution is 0.0955. The third-order valence-corrected chi connectivity index (χ3v) is 3.67. The molecule has 0 radical (unpaired) electrons. The maximum atomic E-state index is 12.0. The Morgan fingerprint density at radius 1 is 1.00 bits per heavy atom. The number of para-hydroxylation sites is 1. The fourth-order valence-corrected chi connectivity index (χ4v) is 2.31. The van der Waals surface area contributed by atoms with Crippen LogP contribution in [-0.4, -0.2) is 24.3 Å². The SMILES string of the molecule is COc1cc(/C=N/NC(=O)c2ccc(O)cc2)ccc1Oc1ccccc1. The van der Waals surface area contributed by atoms with Gasteiger partial charge in [0.05, 0.1) is 13.3 Å². The number of nitrogens with zero attached hydrogens (tertiary/aromatic N) is 1. The first kappa shape index (κ1) is 18.0. The van der Waals surface area contributed by atoms with E-state index in [-0.39, 0.29) is 11.7 Å². The number of hydrogen-bond donors (Lipinski definition) is 2. The molecule has 136 valence electrons. The second kappa shape index (κ2) is 8.53. The van der Waals surface area contributed by atoms with Gasteiger partial charge in [-0.05, 0) is 60.2 Å². The van der Waals surface area contributed by atoms with Crippen LogP contribution in [0, 0.1) is 0 Å². The number of benzene rings is 3. The highest BCUT2D eigenvalue weighted by Crippen LogP contribution is 2.31. The highest BCUT2D eigenvalue weighted by Gasteiger charge is 2.07. The number of rotatable bonds is 6. The van der Waals surface area contributed by atoms with Crippen LogP contribution in [0.4, 0.5) is 0 Å². The zero-order chi connectivity index (χ0) is 19.1. The van der Waals surface area contributed by atoms with Crippen molar-refractivity contribution in [1.82, 2.24) is 5.43 Å². The topological polar surface area (TPSA) is 80.2 Å². The van der Waals surface area contributed by atoms with E-state index in [9.17, 15) is 9.90 Å². The van der Waals surface area contributed by atoms with E-state index in [1.165, 1.54) is 30.5 Å². The van der Waals surface area contributed by atoms with Gasteiger partial charge in [0.2, 0.25) is 0 Å². The molecule has 0 unspecified atom stereocenters. The number of carbonyl (C=O) groups excluding carboxylic acids is 1. The molecule has 1 amide bonds. The monoisotopic (exact) mass is 362 g/mol. The first-order chi connectivity index (χ1) is 13.2. The van der Waals surface area contributed by atoms with E-state index in [4.69, 9.17) is 9.47 Å². The van der Waals surface area contributed by atoms with E-state index in [1.54, 1.807) is 25.3 Å². The number of aromatic hydroxyl groups is 1. The van der Waals surface area contributed by atoms with Crippen molar-refractivity contribution in [1.29, 1.82) is 0 Å². The second-order valence-electron chi connectivity index (χ2n) is 5.57. The Bertz CT molecular complexity index is 938. The summed E-state index contributed by atoms with van der Waals surface area (Å²) in [4.78, 5) is 12.0. The maximum absolute atomic E-state index is 12.0. The van der Waals surface area contributed by atoms with Crippen molar-refractivity contribution in [2.75, 3.05) is 7.11 Å². The lowest BCUT2D eigenvalue weighted by atomic mass is 10.2. The Balaban J connectivity index is 1.67. The molecule has 0 spiro atoms. The van der Waals surface area contributed by atoms with Crippen LogP contribution in [-0.2, 0) is 0 Å². The van der Waals surface area contributed by atoms with Crippen molar-refractivity contribution < 1.29 is 19.4 Å². The molecule has 0 aromatic heterocycles. The molecule has 3 rings (SSSR count). The summed E-state index contributed by atoms with van der Waals surface area (Å²) in [5.41, 5.74) is 3.57. The predicted octanol–water partition coefficient (Wildman–Crippen LogP) is 3.96. The highest BCUT2D eigenvalue weighted by atomic mass is 16.5. The minimum absolute atomic E-state index is 0.0972. The average Bonchev–Trinajstić information content (AvgIpc) is 2.70. The van der Waals surface area contributed by atoms with Crippen molar-refractivity contribution in [3.63, 3.8) is 0 Å². The molecule has 0 fully saturated rings. The van der Waals surface area contributed by atoms with Gasteiger partial charge in [-0.3, -0.25) is 4.79 Å². The molecule has 0 saturated carbocycles. The van der Waals surface area contributed by atoms with Gasteiger partial charge in [-0.1, -0.05) is 18.2 Å². The van der Waals surface area contributed by atoms with E-state index in [1.807, 2.05) is 30.3 Å². The third-order valence-electron chi connectivity index (χ3n) is 3.67. The Morgan fingerprint density at radius 3 is 2.44 bits per heavy atom. The third kappa shape index (κ3) is 4.85. The summed E-state index contributed by atoms with van der Waals surface area (Å²) >= 11 is 0. The largest absolute Gasteiger partial charge is 0.508 e. The summed E-state index contributed by atoms with van der Waals surface area (Å²) in [6.45, 7) is 0. The first-order valence-electron chi connectivity index (χ1n) is 8.19. The lowest BCUT2D eigenvalue weighted by Crippen LogP contribution is -2.17. The minimum Gasteiger partial charge on any atom is -0.508 e. The second-order valence-corrected chi connectivity index (χ2v) is 5.57. The summed E-state index contributed by atoms with van der Waals surface area (Å²) in [5, 5.41) is 13.2. The minimum atomic E-state index is -0.373. The van der Waals surface area contributed by atoms with Gasteiger partial charge < -0.3 is 14.6 Å². The number of phenols is 1. The molecule has 6 heteroatoms. The van der Waals surface area contributed by atoms with Gasteiger partial charge in [-0.15, -0.1) is 0 Å². The summed E-state index contributed by atoms with van der Waals surface area (Å²) in [5.74, 6) is 1.56. The maximum Gasteiger partial charge on any atom is 0.271 e. The Hall–Kier alpha value is -3.80. The van der Waals surface area contributed by atoms with Crippen molar-refractivity contribution in [2.45, 2.75) is 0 Å². The van der Waals surface area contributed by atoms with Crippen LogP contribution >= 0.6 is 0 Å². The summed E-state index contributed by atoms with van der Waals surface area (Å²) in [7, 11) is 1.56. The van der Waals surface area contributed by atoms with Crippen molar-refractivity contribution in [2.24, 2.45) is 5.10 Å². The summed E-state index contributed by atoms with van der Waals surface area (Å²) in [6, 6.07) is 20.6. The van der Waals surface area contributed by atoms with E-state index in [0.717, 1.165) is 5.56 Å². The zero-order valence-corrected chi connectivity index (χ0v) is 14.6. The summed E-state index contributed by atoms with van der Waals surface area (Å²) in [6.07, 6.45) is 1.51. The molecule has 0 aliphatic heterocycles. The lowest BCUT2D eigenvalue weighted by Gasteiger charge is -2.10. The van der Waals surface area contributed by atoms with Gasteiger partial charge >= 0.3 is 0 Å². The highest BCUT2D eigenvalue weighted by molar-refractivity contribution is 5.95. The molecule has 3 aromatic rings. The first-order valence-corrected chi connectivity index (χ1v) is 8.19. The molecular formula is C21H18N2O4. The Labute approximate surface area is 156 Å². The van der Waals surface area contributed by atoms with Gasteiger partial charge in [0.1, 0.15) is 11.5 Å². The van der Waals surface area contributed by atoms with E-state index in [2.05, 4.69) is 10.5 Å². The molecule has 0 saturated heterocycles. The van der Waals surface area contributed by atoms with Crippen LogP contribution in [0.25, 0.3) is 0 Å². The van der Waals surface area contributed by atoms with E-state index >= 15 is 0 Å². The zero-order valence-electron chi connectivity index (χ0n) is 14.6. The predicted molar refractivity (Wildman–Crippen MR) is 103 cm³/mol. The van der Waals surface area contributed by atoms with Crippen LogP contribution in [0.5, 0.6) is 23.0 Å². The standard InChI is InChI=1S/C21H18N2O4/c1-26-20-13-15(7-12-19(20)27-18-5-3-2-4-6-18)14-22-23-21(25)16-8-10-17(24)11-9-16/h2-14,24H,1H3,(H,23,25)/b22-14+. The number of phenolic OH excluding ortho intramolecular Hbond substituents is 1. The Kier molecular flexibility index (Phi) is 5.69. The molecule has 0 bridgehead atoms. The Morgan fingerprint density at radius 2 is 1.74 bits per heavy atom. The molecule has 0 heterocycles. The number of methoxy groups -OCH3 is 1. The number of hydrazone groups is 1. The van der Waals surface area contributed by atoms with Gasteiger partial charge in [0.15, 0.2) is 11.5 Å². The van der Waals surface area contributed by atoms with Crippen LogP contribution in [0.15, 0.2) is 77.9 Å². The number of nitrogens with one attached hydrogen (secondary N) is 1. The average molecular weight is 362 g/mol. The van der Waals surface area contributed by atoms with E-state index < -0.39 is 0 Å². The van der Waals surface area contributed by atoms with Gasteiger partial charge in [-0.25, -0.2) is 5.43 Å². The van der Waals surface area contributed by atoms with Gasteiger partial charge in [0, 0.05) is 5.56 Å². The molecule has 2 N–H and O–H groups in total. The fraction of sp³-hybridized carbons (Fsp3) is 0.0476. The quantitative estimate of drug-likeness (QED) is 0.514. The van der Waals surface area contributed by atoms with Gasteiger partial charge in [0.25, 0.3) is 5.91 Å². The van der Waals surface area contributed by atoms with Crippen molar-refractivity contribution in [3.8, 4) is 23.0 Å². The summed E-state index contributed by atoms with van der Waals surface area (Å²) < 4.78 is 11.2. The van der Waals surface area contributed by atoms with Crippen LogP contribution in [0.3, 0.4) is 0 Å². The normalized spacial score (nSPS) is 10.6. The molecule has 0 aliphatic carbocycles. The van der Waals surface area contributed by atoms with Crippen molar-refractivity contribution >= 4 is 12.1 Å². The van der Waals surface area contributed by atoms with Crippen LogP contribution in [0.1, 0.15) is 15.9 Å². The number of ether oxygens (including phenoxy) is 2. The van der Waals surface area contributed by atoms with Crippen LogP contribution < -0.4 is 14.9 Å². The van der Waals surface area contributed by atoms with E-state index in [0.29, 0.717) is 22.8 Å². The van der Waals surface area contributed by atoms with Crippen molar-refractivity contribution in [3.05, 3.63) is 83.9 Å². The smallest absolute Gasteiger partial charge is 0.271 e. The number of amides is 1. The number of carbonyl (C=O) groups is 1. The fourth-order valence-electron chi connectivity index (χ4n) is 2.31. The number of hydrogen-bond acceptors (Lipinski definition) is 5. The molecule has 3 aromatic carbocycles. The molecular weight excluding hydrogens is 344 g/mol. The molecule has 0 atom stereocenters. The molecule has 27 heavy (non-hydrogen) atoms.